The van der Waals surface area contributed by atoms with E-state index in [0.717, 1.165) is 37.1 Å². The van der Waals surface area contributed by atoms with Gasteiger partial charge in [0.25, 0.3) is 0 Å². The van der Waals surface area contributed by atoms with Crippen molar-refractivity contribution >= 4 is 34.9 Å². The number of carbonyl (C=O) groups excluding carboxylic acids is 1. The largest absolute Gasteiger partial charge is 0.480 e. The van der Waals surface area contributed by atoms with Gasteiger partial charge in [-0.1, -0.05) is 78.7 Å². The molecule has 4 rings (SSSR count). The van der Waals surface area contributed by atoms with Crippen molar-refractivity contribution in [3.63, 3.8) is 0 Å². The lowest BCUT2D eigenvalue weighted by Gasteiger charge is -2.26. The monoisotopic (exact) mass is 547 g/mol. The van der Waals surface area contributed by atoms with Crippen molar-refractivity contribution in [2.24, 2.45) is 4.99 Å². The number of aliphatic imine (C=N–C) groups is 1. The molecule has 0 bridgehead atoms. The smallest absolute Gasteiger partial charge is 0.329 e. The van der Waals surface area contributed by atoms with E-state index in [9.17, 15) is 19.8 Å². The summed E-state index contributed by atoms with van der Waals surface area (Å²) in [6.07, 6.45) is 3.58. The second kappa shape index (κ2) is 14.0. The van der Waals surface area contributed by atoms with Crippen LogP contribution in [0, 0.1) is 0 Å². The minimum absolute atomic E-state index is 0.120. The highest BCUT2D eigenvalue weighted by atomic mass is 35.5. The first kappa shape index (κ1) is 28.5. The second-order valence-corrected chi connectivity index (χ2v) is 10.2. The Morgan fingerprint density at radius 1 is 0.923 bits per heavy atom. The number of anilines is 1. The Kier molecular flexibility index (Phi) is 10.3. The fourth-order valence-corrected chi connectivity index (χ4v) is 5.14. The maximum Gasteiger partial charge on any atom is 0.329 e. The van der Waals surface area contributed by atoms with Gasteiger partial charge < -0.3 is 15.5 Å². The van der Waals surface area contributed by atoms with E-state index < -0.39 is 17.9 Å². The first-order chi connectivity index (χ1) is 19.0. The van der Waals surface area contributed by atoms with Gasteiger partial charge in [-0.15, -0.1) is 0 Å². The Labute approximate surface area is 234 Å². The molecule has 3 aromatic rings. The molecule has 1 aliphatic heterocycles. The number of amides is 1. The highest BCUT2D eigenvalue weighted by Gasteiger charge is 2.30. The van der Waals surface area contributed by atoms with Crippen LogP contribution < -0.4 is 5.32 Å². The van der Waals surface area contributed by atoms with Gasteiger partial charge in [-0.25, -0.2) is 4.79 Å². The fraction of sp³-hybridized carbons (Fsp3) is 0.323. The van der Waals surface area contributed by atoms with Crippen molar-refractivity contribution in [3.05, 3.63) is 101 Å². The molecule has 1 heterocycles. The van der Waals surface area contributed by atoms with Gasteiger partial charge in [0.15, 0.2) is 6.04 Å². The topological polar surface area (TPSA) is 102 Å². The van der Waals surface area contributed by atoms with Crippen molar-refractivity contribution in [2.45, 2.75) is 37.6 Å². The van der Waals surface area contributed by atoms with E-state index in [1.807, 2.05) is 54.6 Å². The summed E-state index contributed by atoms with van der Waals surface area (Å²) in [5.41, 5.74) is 3.09. The van der Waals surface area contributed by atoms with Crippen molar-refractivity contribution in [1.82, 2.24) is 4.90 Å². The Hall–Kier alpha value is -3.52. The Morgan fingerprint density at radius 2 is 1.59 bits per heavy atom. The number of hydrogen-bond acceptors (Lipinski definition) is 5. The molecule has 0 spiro atoms. The highest BCUT2D eigenvalue weighted by Crippen LogP contribution is 2.30. The van der Waals surface area contributed by atoms with Crippen molar-refractivity contribution in [3.8, 4) is 0 Å². The number of hydrogen-bond donors (Lipinski definition) is 3. The van der Waals surface area contributed by atoms with Gasteiger partial charge in [0.2, 0.25) is 5.91 Å². The Morgan fingerprint density at radius 3 is 2.26 bits per heavy atom. The van der Waals surface area contributed by atoms with Crippen LogP contribution in [0.5, 0.6) is 0 Å². The molecule has 8 heteroatoms. The quantitative estimate of drug-likeness (QED) is 0.286. The Bertz CT molecular complexity index is 1270. The van der Waals surface area contributed by atoms with E-state index in [0.29, 0.717) is 28.5 Å². The summed E-state index contributed by atoms with van der Waals surface area (Å²) in [5.74, 6) is -1.82. The molecule has 0 unspecified atom stereocenters. The number of likely N-dealkylation sites (tertiary alicyclic amines) is 1. The van der Waals surface area contributed by atoms with Gasteiger partial charge >= 0.3 is 5.97 Å². The summed E-state index contributed by atoms with van der Waals surface area (Å²) in [5, 5.41) is 23.7. The van der Waals surface area contributed by atoms with Gasteiger partial charge in [-0.05, 0) is 56.1 Å². The first-order valence-electron chi connectivity index (χ1n) is 13.3. The number of halogens is 1. The zero-order valence-corrected chi connectivity index (χ0v) is 22.6. The number of carboxylic acid groups (broad SMARTS) is 1. The number of benzene rings is 3. The maximum absolute atomic E-state index is 13.0. The highest BCUT2D eigenvalue weighted by molar-refractivity contribution is 6.30. The lowest BCUT2D eigenvalue weighted by molar-refractivity contribution is -0.139. The van der Waals surface area contributed by atoms with Crippen LogP contribution in [-0.2, 0) is 9.59 Å². The molecule has 3 N–H and O–H groups in total. The van der Waals surface area contributed by atoms with E-state index >= 15 is 0 Å². The van der Waals surface area contributed by atoms with Crippen LogP contribution in [0.4, 0.5) is 5.69 Å². The molecule has 1 fully saturated rings. The SMILES string of the molecule is O=C(CN1CCCCC1)Nc1ccccc1C(=N[C@@H](C(=O)O)[C@@H](CCO)c1ccc(Cl)cc1)c1ccccc1. The molecule has 1 saturated heterocycles. The number of rotatable bonds is 11. The molecule has 1 aliphatic rings. The number of carboxylic acids is 1. The van der Waals surface area contributed by atoms with Crippen LogP contribution in [0.25, 0.3) is 0 Å². The van der Waals surface area contributed by atoms with Crippen LogP contribution in [-0.4, -0.2) is 65.0 Å². The average Bonchev–Trinajstić information content (AvgIpc) is 2.95. The molecule has 0 aliphatic carbocycles. The molecule has 1 amide bonds. The molecule has 0 aromatic heterocycles. The van der Waals surface area contributed by atoms with Crippen molar-refractivity contribution in [2.75, 3.05) is 31.6 Å². The number of aliphatic hydroxyl groups excluding tert-OH is 1. The van der Waals surface area contributed by atoms with E-state index in [-0.39, 0.29) is 18.9 Å². The Balaban J connectivity index is 1.74. The molecular weight excluding hydrogens is 514 g/mol. The number of aliphatic hydroxyl groups is 1. The second-order valence-electron chi connectivity index (χ2n) is 9.73. The average molecular weight is 548 g/mol. The van der Waals surface area contributed by atoms with Gasteiger partial charge in [0, 0.05) is 28.7 Å². The third kappa shape index (κ3) is 7.76. The van der Waals surface area contributed by atoms with Crippen LogP contribution in [0.3, 0.4) is 0 Å². The van der Waals surface area contributed by atoms with E-state index in [1.165, 1.54) is 6.42 Å². The number of piperidine rings is 1. The summed E-state index contributed by atoms with van der Waals surface area (Å²) < 4.78 is 0. The molecule has 7 nitrogen and oxygen atoms in total. The molecule has 2 atom stereocenters. The summed E-state index contributed by atoms with van der Waals surface area (Å²) >= 11 is 6.07. The third-order valence-corrected chi connectivity index (χ3v) is 7.21. The number of carbonyl (C=O) groups is 2. The number of para-hydroxylation sites is 1. The lowest BCUT2D eigenvalue weighted by atomic mass is 9.88. The third-order valence-electron chi connectivity index (χ3n) is 6.96. The summed E-state index contributed by atoms with van der Waals surface area (Å²) in [7, 11) is 0. The van der Waals surface area contributed by atoms with Gasteiger partial charge in [-0.2, -0.15) is 0 Å². The number of nitrogens with one attached hydrogen (secondary N) is 1. The molecule has 0 radical (unpaired) electrons. The molecule has 0 saturated carbocycles. The van der Waals surface area contributed by atoms with Crippen molar-refractivity contribution < 1.29 is 19.8 Å². The zero-order valence-electron chi connectivity index (χ0n) is 21.8. The summed E-state index contributed by atoms with van der Waals surface area (Å²) in [6, 6.07) is 22.4. The van der Waals surface area contributed by atoms with E-state index in [2.05, 4.69) is 10.2 Å². The van der Waals surface area contributed by atoms with Crippen LogP contribution in [0.1, 0.15) is 48.3 Å². The molecular formula is C31H34ClN3O4. The van der Waals surface area contributed by atoms with Crippen LogP contribution >= 0.6 is 11.6 Å². The van der Waals surface area contributed by atoms with Crippen molar-refractivity contribution in [1.29, 1.82) is 0 Å². The summed E-state index contributed by atoms with van der Waals surface area (Å²) in [4.78, 5) is 32.6. The minimum Gasteiger partial charge on any atom is -0.480 e. The molecule has 3 aromatic carbocycles. The standard InChI is InChI=1S/C31H34ClN3O4/c32-24-15-13-22(14-16-24)25(17-20-36)30(31(38)39)34-29(23-9-3-1-4-10-23)26-11-5-6-12-27(26)33-28(37)21-35-18-7-2-8-19-35/h1,3-6,9-16,25,30,36H,2,7-8,17-21H2,(H,33,37)(H,38,39)/t25-,30+/m0/s1. The minimum atomic E-state index is -1.19. The predicted molar refractivity (Wildman–Crippen MR) is 155 cm³/mol. The first-order valence-corrected chi connectivity index (χ1v) is 13.7. The van der Waals surface area contributed by atoms with Crippen LogP contribution in [0.15, 0.2) is 83.9 Å². The molecule has 39 heavy (non-hydrogen) atoms. The van der Waals surface area contributed by atoms with E-state index in [4.69, 9.17) is 16.6 Å². The van der Waals surface area contributed by atoms with Gasteiger partial charge in [0.05, 0.1) is 17.9 Å². The number of nitrogens with zero attached hydrogens (tertiary/aromatic N) is 2. The van der Waals surface area contributed by atoms with Gasteiger partial charge in [-0.3, -0.25) is 14.7 Å². The summed E-state index contributed by atoms with van der Waals surface area (Å²) in [6.45, 7) is 1.92. The number of aliphatic carboxylic acids is 1. The van der Waals surface area contributed by atoms with Crippen LogP contribution in [0.2, 0.25) is 5.02 Å². The van der Waals surface area contributed by atoms with Gasteiger partial charge in [0.1, 0.15) is 0 Å². The predicted octanol–water partition coefficient (Wildman–Crippen LogP) is 5.22. The van der Waals surface area contributed by atoms with E-state index in [1.54, 1.807) is 24.3 Å². The fourth-order valence-electron chi connectivity index (χ4n) is 5.02. The zero-order chi connectivity index (χ0) is 27.6. The maximum atomic E-state index is 13.0. The molecule has 204 valence electrons. The normalized spacial score (nSPS) is 15.9. The lowest BCUT2D eigenvalue weighted by Crippen LogP contribution is -2.37.